The lowest BCUT2D eigenvalue weighted by Gasteiger charge is -2.49. The summed E-state index contributed by atoms with van der Waals surface area (Å²) in [4.78, 5) is 15.8. The number of aliphatic hydroxyl groups is 1. The molecule has 6 atom stereocenters. The first-order chi connectivity index (χ1) is 22.1. The number of hydrogen-bond donors (Lipinski definition) is 3. The molecule has 2 aliphatic carbocycles. The first kappa shape index (κ1) is 34.3. The summed E-state index contributed by atoms with van der Waals surface area (Å²) in [6.45, 7) is 12.0. The third-order valence-electron chi connectivity index (χ3n) is 11.2. The SMILES string of the molecule is C[C@@H]1[C@@H](C)C/C=C/[C@@](O)(CNC(C)(C)C)[C@@H]2CC[C@H]2CN2C[C@@]3(CCCc4cc(Cl)ccc43)COc3ccc(cc32)C(=O)NS1(=O)=O. The maximum Gasteiger partial charge on any atom is 0.264 e. The molecule has 0 radical (unpaired) electrons. The Hall–Kier alpha value is -2.59. The van der Waals surface area contributed by atoms with Gasteiger partial charge in [0.1, 0.15) is 5.75 Å². The van der Waals surface area contributed by atoms with Crippen LogP contribution >= 0.6 is 11.6 Å². The number of fused-ring (bicyclic) bond motifs is 4. The van der Waals surface area contributed by atoms with E-state index in [9.17, 15) is 18.3 Å². The number of hydrogen-bond acceptors (Lipinski definition) is 7. The van der Waals surface area contributed by atoms with Gasteiger partial charge in [-0.15, -0.1) is 0 Å². The second kappa shape index (κ2) is 12.7. The monoisotopic (exact) mass is 683 g/mol. The van der Waals surface area contributed by atoms with Crippen molar-refractivity contribution in [1.82, 2.24) is 10.0 Å². The Morgan fingerprint density at radius 3 is 2.66 bits per heavy atom. The third-order valence-corrected chi connectivity index (χ3v) is 13.3. The predicted molar refractivity (Wildman–Crippen MR) is 188 cm³/mol. The smallest absolute Gasteiger partial charge is 0.264 e. The van der Waals surface area contributed by atoms with E-state index in [2.05, 4.69) is 47.8 Å². The number of nitrogens with zero attached hydrogens (tertiary/aromatic N) is 1. The first-order valence-corrected chi connectivity index (χ1v) is 19.0. The predicted octanol–water partition coefficient (Wildman–Crippen LogP) is 6.00. The van der Waals surface area contributed by atoms with Crippen LogP contribution in [0.25, 0.3) is 0 Å². The lowest BCUT2D eigenvalue weighted by atomic mass is 9.63. The lowest BCUT2D eigenvalue weighted by Crippen LogP contribution is -2.57. The number of aryl methyl sites for hydroxylation is 1. The van der Waals surface area contributed by atoms with Crippen molar-refractivity contribution < 1.29 is 23.1 Å². The fourth-order valence-electron chi connectivity index (χ4n) is 7.97. The molecule has 6 rings (SSSR count). The largest absolute Gasteiger partial charge is 0.490 e. The van der Waals surface area contributed by atoms with Crippen molar-refractivity contribution in [2.45, 2.75) is 94.9 Å². The summed E-state index contributed by atoms with van der Waals surface area (Å²) in [5, 5.41) is 15.8. The highest BCUT2D eigenvalue weighted by Crippen LogP contribution is 2.48. The number of β-amino-alcohol motifs (C(OH)–C–C–N with tert-alkyl or cyclic N) is 1. The Morgan fingerprint density at radius 1 is 1.15 bits per heavy atom. The summed E-state index contributed by atoms with van der Waals surface area (Å²) < 4.78 is 35.7. The molecule has 0 aromatic heterocycles. The van der Waals surface area contributed by atoms with E-state index in [0.717, 1.165) is 42.8 Å². The summed E-state index contributed by atoms with van der Waals surface area (Å²) in [5.74, 6) is -0.0433. The third kappa shape index (κ3) is 6.96. The van der Waals surface area contributed by atoms with E-state index >= 15 is 0 Å². The van der Waals surface area contributed by atoms with Crippen molar-refractivity contribution in [3.8, 4) is 5.75 Å². The Labute approximate surface area is 285 Å². The van der Waals surface area contributed by atoms with E-state index in [4.69, 9.17) is 16.3 Å². The van der Waals surface area contributed by atoms with Crippen molar-refractivity contribution in [3.63, 3.8) is 0 Å². The average Bonchev–Trinajstić information content (AvgIpc) is 3.13. The molecule has 8 nitrogen and oxygen atoms in total. The molecule has 1 fully saturated rings. The summed E-state index contributed by atoms with van der Waals surface area (Å²) >= 11 is 6.44. The summed E-state index contributed by atoms with van der Waals surface area (Å²) in [6, 6.07) is 11.4. The minimum absolute atomic E-state index is 0.00506. The number of amides is 1. The summed E-state index contributed by atoms with van der Waals surface area (Å²) in [7, 11) is -3.97. The zero-order chi connectivity index (χ0) is 33.8. The molecule has 2 bridgehead atoms. The maximum absolute atomic E-state index is 13.5. The molecule has 2 aromatic rings. The number of ether oxygens (including phenoxy) is 1. The van der Waals surface area contributed by atoms with Gasteiger partial charge in [0.2, 0.25) is 10.0 Å². The average molecular weight is 684 g/mol. The molecule has 47 heavy (non-hydrogen) atoms. The van der Waals surface area contributed by atoms with Crippen LogP contribution in [0.3, 0.4) is 0 Å². The molecule has 0 unspecified atom stereocenters. The molecule has 1 saturated carbocycles. The Kier molecular flexibility index (Phi) is 9.26. The molecule has 2 aliphatic heterocycles. The Morgan fingerprint density at radius 2 is 1.94 bits per heavy atom. The Bertz CT molecular complexity index is 1660. The molecular formula is C37H50ClN3O5S. The van der Waals surface area contributed by atoms with Crippen molar-refractivity contribution >= 4 is 33.2 Å². The summed E-state index contributed by atoms with van der Waals surface area (Å²) in [5.41, 5.74) is 1.96. The molecule has 0 saturated heterocycles. The highest BCUT2D eigenvalue weighted by molar-refractivity contribution is 7.90. The van der Waals surface area contributed by atoms with Gasteiger partial charge in [-0.25, -0.2) is 13.1 Å². The minimum Gasteiger partial charge on any atom is -0.490 e. The quantitative estimate of drug-likeness (QED) is 0.333. The van der Waals surface area contributed by atoms with Gasteiger partial charge < -0.3 is 20.1 Å². The number of halogens is 1. The van der Waals surface area contributed by atoms with Crippen LogP contribution in [0.15, 0.2) is 48.6 Å². The van der Waals surface area contributed by atoms with E-state index < -0.39 is 26.8 Å². The van der Waals surface area contributed by atoms with Gasteiger partial charge in [0.05, 0.1) is 23.1 Å². The van der Waals surface area contributed by atoms with Crippen LogP contribution < -0.4 is 19.7 Å². The molecule has 2 aromatic carbocycles. The number of allylic oxidation sites excluding steroid dienone is 1. The first-order valence-electron chi connectivity index (χ1n) is 17.1. The molecule has 256 valence electrons. The number of nitrogens with one attached hydrogen (secondary N) is 2. The molecular weight excluding hydrogens is 634 g/mol. The molecule has 3 N–H and O–H groups in total. The van der Waals surface area contributed by atoms with Crippen LogP contribution in [-0.2, 0) is 21.9 Å². The van der Waals surface area contributed by atoms with E-state index in [-0.39, 0.29) is 34.3 Å². The lowest BCUT2D eigenvalue weighted by molar-refractivity contribution is -0.0467. The maximum atomic E-state index is 13.5. The molecule has 1 spiro atoms. The van der Waals surface area contributed by atoms with E-state index in [0.29, 0.717) is 38.4 Å². The van der Waals surface area contributed by atoms with E-state index in [1.807, 2.05) is 25.1 Å². The number of sulfonamides is 1. The zero-order valence-electron chi connectivity index (χ0n) is 28.3. The number of benzene rings is 2. The number of anilines is 1. The van der Waals surface area contributed by atoms with Crippen LogP contribution in [0.5, 0.6) is 5.75 Å². The fourth-order valence-corrected chi connectivity index (χ4v) is 9.45. The molecule has 4 aliphatic rings. The van der Waals surface area contributed by atoms with Crippen LogP contribution in [0.2, 0.25) is 5.02 Å². The van der Waals surface area contributed by atoms with Crippen LogP contribution in [0, 0.1) is 17.8 Å². The van der Waals surface area contributed by atoms with Gasteiger partial charge in [0.15, 0.2) is 0 Å². The van der Waals surface area contributed by atoms with Gasteiger partial charge in [-0.3, -0.25) is 4.79 Å². The van der Waals surface area contributed by atoms with Crippen LogP contribution in [0.1, 0.15) is 88.2 Å². The number of carbonyl (C=O) groups excluding carboxylic acids is 1. The fraction of sp³-hybridized carbons (Fsp3) is 0.595. The molecule has 10 heteroatoms. The van der Waals surface area contributed by atoms with Crippen molar-refractivity contribution in [2.75, 3.05) is 31.1 Å². The molecule has 1 amide bonds. The van der Waals surface area contributed by atoms with Crippen molar-refractivity contribution in [2.24, 2.45) is 17.8 Å². The summed E-state index contributed by atoms with van der Waals surface area (Å²) in [6.07, 6.45) is 9.09. The topological polar surface area (TPSA) is 108 Å². The minimum atomic E-state index is -3.97. The van der Waals surface area contributed by atoms with Gasteiger partial charge in [-0.2, -0.15) is 0 Å². The van der Waals surface area contributed by atoms with Gasteiger partial charge in [0, 0.05) is 41.2 Å². The van der Waals surface area contributed by atoms with Crippen LogP contribution in [0.4, 0.5) is 5.69 Å². The second-order valence-electron chi connectivity index (χ2n) is 15.6. The molecule has 2 heterocycles. The highest BCUT2D eigenvalue weighted by Gasteiger charge is 2.48. The van der Waals surface area contributed by atoms with Crippen molar-refractivity contribution in [1.29, 1.82) is 0 Å². The number of carbonyl (C=O) groups is 1. The number of rotatable bonds is 2. The van der Waals surface area contributed by atoms with E-state index in [1.54, 1.807) is 25.1 Å². The van der Waals surface area contributed by atoms with Crippen molar-refractivity contribution in [3.05, 3.63) is 70.3 Å². The Balaban J connectivity index is 1.44. The normalized spacial score (nSPS) is 33.0. The highest BCUT2D eigenvalue weighted by atomic mass is 35.5. The standard InChI is InChI=1S/C37H50ClN3O5S/c1-24-8-6-17-37(43,21-39-35(3,4)5)31-13-10-28(31)20-41-22-36(16-7-9-26-18-29(38)12-14-30(26)36)23-46-33-15-11-27(19-32(33)41)34(42)40-47(44,45)25(24)2/h6,11-12,14-15,17-19,24-25,28,31,39,43H,7-10,13,16,20-23H2,1-5H3,(H,40,42)/b17-6+/t24-,25+,28-,31+,36-,37+/m0/s1. The zero-order valence-corrected chi connectivity index (χ0v) is 29.9. The van der Waals surface area contributed by atoms with Gasteiger partial charge in [-0.1, -0.05) is 36.7 Å². The van der Waals surface area contributed by atoms with Crippen LogP contribution in [-0.4, -0.2) is 62.1 Å². The van der Waals surface area contributed by atoms with E-state index in [1.165, 1.54) is 11.1 Å². The van der Waals surface area contributed by atoms with Gasteiger partial charge >= 0.3 is 0 Å². The van der Waals surface area contributed by atoms with Gasteiger partial charge in [0.25, 0.3) is 5.91 Å². The second-order valence-corrected chi connectivity index (χ2v) is 18.1. The van der Waals surface area contributed by atoms with Gasteiger partial charge in [-0.05, 0) is 125 Å².